The van der Waals surface area contributed by atoms with E-state index in [4.69, 9.17) is 13.8 Å². The lowest BCUT2D eigenvalue weighted by atomic mass is 10.1. The van der Waals surface area contributed by atoms with Crippen LogP contribution in [0.25, 0.3) is 0 Å². The maximum absolute atomic E-state index is 12.7. The van der Waals surface area contributed by atoms with Crippen LogP contribution in [0.15, 0.2) is 59.6 Å². The largest absolute Gasteiger partial charge is 0.584 e. The van der Waals surface area contributed by atoms with Crippen molar-refractivity contribution in [2.24, 2.45) is 0 Å². The monoisotopic (exact) mass is 575 g/mol. The van der Waals surface area contributed by atoms with E-state index in [-0.39, 0.29) is 5.75 Å². The minimum atomic E-state index is -4.37. The number of unbranched alkanes of at least 4 members (excludes halogenated alkanes) is 11. The predicted molar refractivity (Wildman–Crippen MR) is 162 cm³/mol. The molecular formula is C31H46NO5PS. The Morgan fingerprint density at radius 2 is 1.38 bits per heavy atom. The number of thioether (sulfide) groups is 1. The van der Waals surface area contributed by atoms with Crippen molar-refractivity contribution in [1.82, 2.24) is 4.90 Å². The fraction of sp³-hybridized carbons (Fsp3) is 0.548. The van der Waals surface area contributed by atoms with Crippen LogP contribution < -0.4 is 13.8 Å². The number of phosphoric ester groups is 1. The normalized spacial score (nSPS) is 14.6. The van der Waals surface area contributed by atoms with Crippen LogP contribution in [-0.4, -0.2) is 22.3 Å². The van der Waals surface area contributed by atoms with E-state index in [0.29, 0.717) is 24.7 Å². The SMILES string of the molecule is CCCCCCCCCCCCCCOc1cccc(OP(=O)(O)Oc2cccc(CN3C=C(C)SC3)c2)c1. The van der Waals surface area contributed by atoms with Gasteiger partial charge in [0.25, 0.3) is 0 Å². The first-order valence-corrected chi connectivity index (χ1v) is 17.0. The summed E-state index contributed by atoms with van der Waals surface area (Å²) in [6.45, 7) is 5.67. The molecule has 1 aliphatic heterocycles. The molecule has 0 amide bonds. The van der Waals surface area contributed by atoms with Crippen molar-refractivity contribution < 1.29 is 23.2 Å². The average molecular weight is 576 g/mol. The molecule has 1 atom stereocenters. The summed E-state index contributed by atoms with van der Waals surface area (Å²) in [5, 5.41) is 0. The van der Waals surface area contributed by atoms with Crippen LogP contribution in [0.4, 0.5) is 0 Å². The first-order chi connectivity index (χ1) is 18.9. The van der Waals surface area contributed by atoms with E-state index in [0.717, 1.165) is 24.3 Å². The maximum Gasteiger partial charge on any atom is 0.584 e. The molecule has 2 aromatic rings. The molecule has 2 aromatic carbocycles. The third-order valence-corrected chi connectivity index (χ3v) is 8.52. The molecule has 1 unspecified atom stereocenters. The van der Waals surface area contributed by atoms with E-state index < -0.39 is 7.82 Å². The molecule has 216 valence electrons. The van der Waals surface area contributed by atoms with Crippen molar-refractivity contribution in [3.05, 3.63) is 65.2 Å². The molecule has 3 rings (SSSR count). The highest BCUT2D eigenvalue weighted by Gasteiger charge is 2.25. The summed E-state index contributed by atoms with van der Waals surface area (Å²) >= 11 is 1.80. The minimum Gasteiger partial charge on any atom is -0.493 e. The molecule has 6 nitrogen and oxygen atoms in total. The Hall–Kier alpha value is -2.08. The second kappa shape index (κ2) is 17.6. The van der Waals surface area contributed by atoms with E-state index >= 15 is 0 Å². The molecule has 1 N–H and O–H groups in total. The van der Waals surface area contributed by atoms with Gasteiger partial charge in [-0.1, -0.05) is 95.8 Å². The molecule has 0 saturated heterocycles. The van der Waals surface area contributed by atoms with Crippen molar-refractivity contribution in [1.29, 1.82) is 0 Å². The van der Waals surface area contributed by atoms with Crippen LogP contribution in [0.2, 0.25) is 0 Å². The van der Waals surface area contributed by atoms with Gasteiger partial charge in [0.1, 0.15) is 17.2 Å². The number of nitrogens with zero attached hydrogens (tertiary/aromatic N) is 1. The Labute approximate surface area is 239 Å². The fourth-order valence-corrected chi connectivity index (χ4v) is 6.14. The fourth-order valence-electron chi connectivity index (χ4n) is 4.58. The van der Waals surface area contributed by atoms with Crippen molar-refractivity contribution in [3.8, 4) is 17.2 Å². The smallest absolute Gasteiger partial charge is 0.493 e. The molecule has 1 aliphatic rings. The zero-order chi connectivity index (χ0) is 27.8. The summed E-state index contributed by atoms with van der Waals surface area (Å²) < 4.78 is 29.3. The summed E-state index contributed by atoms with van der Waals surface area (Å²) in [5.41, 5.74) is 0.993. The highest BCUT2D eigenvalue weighted by molar-refractivity contribution is 8.03. The number of phosphoric acid groups is 1. The zero-order valence-electron chi connectivity index (χ0n) is 23.7. The molecule has 0 fully saturated rings. The average Bonchev–Trinajstić information content (AvgIpc) is 3.31. The van der Waals surface area contributed by atoms with Gasteiger partial charge in [-0.25, -0.2) is 4.57 Å². The van der Waals surface area contributed by atoms with Crippen LogP contribution in [0.5, 0.6) is 17.2 Å². The third-order valence-electron chi connectivity index (χ3n) is 6.62. The van der Waals surface area contributed by atoms with E-state index in [1.807, 2.05) is 18.2 Å². The van der Waals surface area contributed by atoms with Gasteiger partial charge in [-0.05, 0) is 48.1 Å². The predicted octanol–water partition coefficient (Wildman–Crippen LogP) is 9.69. The quantitative estimate of drug-likeness (QED) is 0.124. The molecule has 1 heterocycles. The molecule has 39 heavy (non-hydrogen) atoms. The molecule has 0 aromatic heterocycles. The van der Waals surface area contributed by atoms with E-state index in [2.05, 4.69) is 24.9 Å². The Kier molecular flexibility index (Phi) is 14.2. The molecule has 0 saturated carbocycles. The second-order valence-corrected chi connectivity index (χ2v) is 12.8. The van der Waals surface area contributed by atoms with Crippen molar-refractivity contribution >= 4 is 19.6 Å². The van der Waals surface area contributed by atoms with Crippen LogP contribution in [0, 0.1) is 0 Å². The molecule has 8 heteroatoms. The highest BCUT2D eigenvalue weighted by atomic mass is 32.2. The lowest BCUT2D eigenvalue weighted by Gasteiger charge is -2.17. The van der Waals surface area contributed by atoms with Gasteiger partial charge in [-0.2, -0.15) is 0 Å². The number of hydrogen-bond acceptors (Lipinski definition) is 6. The molecule has 0 radical (unpaired) electrons. The summed E-state index contributed by atoms with van der Waals surface area (Å²) in [4.78, 5) is 13.8. The van der Waals surface area contributed by atoms with Crippen LogP contribution >= 0.6 is 19.6 Å². The van der Waals surface area contributed by atoms with Gasteiger partial charge in [-0.3, -0.25) is 4.89 Å². The van der Waals surface area contributed by atoms with E-state index in [1.54, 1.807) is 42.1 Å². The molecule has 0 aliphatic carbocycles. The van der Waals surface area contributed by atoms with E-state index in [9.17, 15) is 9.46 Å². The summed E-state index contributed by atoms with van der Waals surface area (Å²) in [6, 6.07) is 14.0. The number of ether oxygens (including phenoxy) is 1. The van der Waals surface area contributed by atoms with Crippen LogP contribution in [0.1, 0.15) is 96.5 Å². The topological polar surface area (TPSA) is 68.2 Å². The van der Waals surface area contributed by atoms with Gasteiger partial charge in [0.15, 0.2) is 0 Å². The number of rotatable bonds is 20. The lowest BCUT2D eigenvalue weighted by molar-refractivity contribution is 0.287. The second-order valence-electron chi connectivity index (χ2n) is 10.3. The minimum absolute atomic E-state index is 0.235. The van der Waals surface area contributed by atoms with Gasteiger partial charge < -0.3 is 18.7 Å². The first-order valence-electron chi connectivity index (χ1n) is 14.5. The summed E-state index contributed by atoms with van der Waals surface area (Å²) in [7, 11) is -4.37. The van der Waals surface area contributed by atoms with Crippen LogP contribution in [-0.2, 0) is 11.1 Å². The van der Waals surface area contributed by atoms with Crippen molar-refractivity contribution in [2.45, 2.75) is 97.4 Å². The summed E-state index contributed by atoms with van der Waals surface area (Å²) in [5.74, 6) is 2.05. The Morgan fingerprint density at radius 1 is 0.821 bits per heavy atom. The first kappa shape index (κ1) is 31.4. The Bertz CT molecular complexity index is 1060. The number of hydrogen-bond donors (Lipinski definition) is 1. The lowest BCUT2D eigenvalue weighted by Crippen LogP contribution is -2.12. The maximum atomic E-state index is 12.7. The van der Waals surface area contributed by atoms with Crippen LogP contribution in [0.3, 0.4) is 0 Å². The van der Waals surface area contributed by atoms with Gasteiger partial charge in [0, 0.05) is 18.8 Å². The van der Waals surface area contributed by atoms with Crippen molar-refractivity contribution in [2.75, 3.05) is 12.5 Å². The zero-order valence-corrected chi connectivity index (χ0v) is 25.4. The Balaban J connectivity index is 1.32. The van der Waals surface area contributed by atoms with E-state index in [1.165, 1.54) is 69.1 Å². The summed E-state index contributed by atoms with van der Waals surface area (Å²) in [6.07, 6.45) is 17.7. The van der Waals surface area contributed by atoms with Crippen molar-refractivity contribution in [3.63, 3.8) is 0 Å². The Morgan fingerprint density at radius 3 is 2.00 bits per heavy atom. The molecule has 0 spiro atoms. The number of allylic oxidation sites excluding steroid dienone is 1. The van der Waals surface area contributed by atoms with Gasteiger partial charge >= 0.3 is 7.82 Å². The third kappa shape index (κ3) is 13.2. The van der Waals surface area contributed by atoms with Gasteiger partial charge in [0.2, 0.25) is 0 Å². The highest BCUT2D eigenvalue weighted by Crippen LogP contribution is 2.45. The van der Waals surface area contributed by atoms with Gasteiger partial charge in [-0.15, -0.1) is 11.8 Å². The molecular weight excluding hydrogens is 529 g/mol. The number of benzene rings is 2. The molecule has 0 bridgehead atoms. The standard InChI is InChI=1S/C31H46NO5PS/c1-3-4-5-6-7-8-9-10-11-12-13-14-21-35-29-18-16-20-31(23-29)37-38(33,34)36-30-19-15-17-28(22-30)25-32-24-27(2)39-26-32/h15-20,22-24H,3-14,21,25-26H2,1-2H3,(H,33,34). The van der Waals surface area contributed by atoms with Gasteiger partial charge in [0.05, 0.1) is 12.5 Å².